The molecule has 0 saturated heterocycles. The topological polar surface area (TPSA) is 12.4 Å². The molecule has 0 aromatic heterocycles. The van der Waals surface area contributed by atoms with Crippen LogP contribution in [0.5, 0.6) is 0 Å². The van der Waals surface area contributed by atoms with Crippen molar-refractivity contribution < 1.29 is 0 Å². The van der Waals surface area contributed by atoms with Crippen LogP contribution in [0.2, 0.25) is 0 Å². The average molecular weight is 217 g/mol. The summed E-state index contributed by atoms with van der Waals surface area (Å²) < 4.78 is 0. The number of rotatable bonds is 6. The van der Waals surface area contributed by atoms with E-state index in [4.69, 9.17) is 4.99 Å². The molecule has 0 aliphatic rings. The molecule has 16 heavy (non-hydrogen) atoms. The van der Waals surface area contributed by atoms with E-state index in [2.05, 4.69) is 45.0 Å². The highest BCUT2D eigenvalue weighted by atomic mass is 14.7. The van der Waals surface area contributed by atoms with Crippen LogP contribution in [0.4, 0.5) is 0 Å². The van der Waals surface area contributed by atoms with Gasteiger partial charge in [-0.25, -0.2) is 0 Å². The van der Waals surface area contributed by atoms with Gasteiger partial charge in [0.25, 0.3) is 0 Å². The molecule has 0 radical (unpaired) electrons. The second-order valence-corrected chi connectivity index (χ2v) is 4.09. The standard InChI is InChI=1S/C15H23N/c1-4-9-13-10-7-8-11-14(13)15(6-3)16-12-5-2/h7-8,10-11H,4-6,9,12H2,1-3H3. The number of hydrogen-bond acceptors (Lipinski definition) is 1. The van der Waals surface area contributed by atoms with Crippen LogP contribution in [0.15, 0.2) is 29.3 Å². The van der Waals surface area contributed by atoms with Gasteiger partial charge in [-0.15, -0.1) is 0 Å². The van der Waals surface area contributed by atoms with E-state index in [-0.39, 0.29) is 0 Å². The highest BCUT2D eigenvalue weighted by Crippen LogP contribution is 2.14. The fourth-order valence-electron chi connectivity index (χ4n) is 1.92. The van der Waals surface area contributed by atoms with Gasteiger partial charge in [-0.05, 0) is 30.4 Å². The van der Waals surface area contributed by atoms with E-state index in [0.717, 1.165) is 25.8 Å². The number of hydrogen-bond donors (Lipinski definition) is 0. The zero-order valence-corrected chi connectivity index (χ0v) is 10.8. The molecule has 0 saturated carbocycles. The van der Waals surface area contributed by atoms with Gasteiger partial charge in [0, 0.05) is 12.3 Å². The minimum absolute atomic E-state index is 0.948. The first-order chi connectivity index (χ1) is 7.83. The van der Waals surface area contributed by atoms with Gasteiger partial charge in [0.05, 0.1) is 0 Å². The summed E-state index contributed by atoms with van der Waals surface area (Å²) in [4.78, 5) is 4.69. The average Bonchev–Trinajstić information content (AvgIpc) is 2.32. The van der Waals surface area contributed by atoms with E-state index in [1.807, 2.05) is 0 Å². The summed E-state index contributed by atoms with van der Waals surface area (Å²) in [6.07, 6.45) is 4.50. The number of aryl methyl sites for hydroxylation is 1. The largest absolute Gasteiger partial charge is 0.289 e. The van der Waals surface area contributed by atoms with Crippen LogP contribution in [-0.4, -0.2) is 12.3 Å². The molecule has 1 heteroatoms. The first-order valence-electron chi connectivity index (χ1n) is 6.45. The zero-order valence-electron chi connectivity index (χ0n) is 10.8. The van der Waals surface area contributed by atoms with Crippen LogP contribution in [0, 0.1) is 0 Å². The molecule has 0 amide bonds. The Balaban J connectivity index is 2.99. The van der Waals surface area contributed by atoms with E-state index >= 15 is 0 Å². The molecule has 0 unspecified atom stereocenters. The van der Waals surface area contributed by atoms with E-state index in [1.165, 1.54) is 23.3 Å². The molecule has 0 aliphatic heterocycles. The summed E-state index contributed by atoms with van der Waals surface area (Å²) in [5.74, 6) is 0. The monoisotopic (exact) mass is 217 g/mol. The molecule has 88 valence electrons. The molecule has 0 bridgehead atoms. The summed E-state index contributed by atoms with van der Waals surface area (Å²) in [6, 6.07) is 8.69. The van der Waals surface area contributed by atoms with Gasteiger partial charge in [-0.2, -0.15) is 0 Å². The predicted molar refractivity (Wildman–Crippen MR) is 72.4 cm³/mol. The van der Waals surface area contributed by atoms with Crippen molar-refractivity contribution in [2.75, 3.05) is 6.54 Å². The van der Waals surface area contributed by atoms with Gasteiger partial charge in [0.15, 0.2) is 0 Å². The fraction of sp³-hybridized carbons (Fsp3) is 0.533. The quantitative estimate of drug-likeness (QED) is 0.632. The molecule has 1 aromatic carbocycles. The summed E-state index contributed by atoms with van der Waals surface area (Å²) in [5, 5.41) is 0. The minimum atomic E-state index is 0.948. The maximum Gasteiger partial charge on any atom is 0.0420 e. The Bertz CT molecular complexity index is 339. The maximum absolute atomic E-state index is 4.69. The van der Waals surface area contributed by atoms with Crippen LogP contribution in [0.3, 0.4) is 0 Å². The maximum atomic E-state index is 4.69. The van der Waals surface area contributed by atoms with Crippen molar-refractivity contribution >= 4 is 5.71 Å². The third-order valence-corrected chi connectivity index (χ3v) is 2.71. The lowest BCUT2D eigenvalue weighted by Crippen LogP contribution is -2.04. The lowest BCUT2D eigenvalue weighted by Gasteiger charge is -2.10. The number of benzene rings is 1. The van der Waals surface area contributed by atoms with Gasteiger partial charge in [0.1, 0.15) is 0 Å². The van der Waals surface area contributed by atoms with Gasteiger partial charge in [-0.3, -0.25) is 4.99 Å². The van der Waals surface area contributed by atoms with Crippen LogP contribution in [0.1, 0.15) is 51.2 Å². The first-order valence-corrected chi connectivity index (χ1v) is 6.45. The van der Waals surface area contributed by atoms with Crippen molar-refractivity contribution in [1.82, 2.24) is 0 Å². The normalized spacial score (nSPS) is 11.8. The predicted octanol–water partition coefficient (Wildman–Crippen LogP) is 4.25. The van der Waals surface area contributed by atoms with E-state index in [0.29, 0.717) is 0 Å². The number of nitrogens with zero attached hydrogens (tertiary/aromatic N) is 1. The van der Waals surface area contributed by atoms with Crippen molar-refractivity contribution in [3.8, 4) is 0 Å². The second kappa shape index (κ2) is 7.21. The Hall–Kier alpha value is -1.11. The van der Waals surface area contributed by atoms with Crippen LogP contribution >= 0.6 is 0 Å². The summed E-state index contributed by atoms with van der Waals surface area (Å²) in [7, 11) is 0. The summed E-state index contributed by atoms with van der Waals surface area (Å²) in [6.45, 7) is 7.54. The van der Waals surface area contributed by atoms with Crippen molar-refractivity contribution in [3.63, 3.8) is 0 Å². The van der Waals surface area contributed by atoms with Gasteiger partial charge < -0.3 is 0 Å². The van der Waals surface area contributed by atoms with Crippen molar-refractivity contribution in [1.29, 1.82) is 0 Å². The first kappa shape index (κ1) is 13.0. The van der Waals surface area contributed by atoms with Crippen LogP contribution in [0.25, 0.3) is 0 Å². The van der Waals surface area contributed by atoms with Gasteiger partial charge >= 0.3 is 0 Å². The van der Waals surface area contributed by atoms with Gasteiger partial charge in [0.2, 0.25) is 0 Å². The van der Waals surface area contributed by atoms with Crippen molar-refractivity contribution in [3.05, 3.63) is 35.4 Å². The fourth-order valence-corrected chi connectivity index (χ4v) is 1.92. The Kier molecular flexibility index (Phi) is 5.84. The van der Waals surface area contributed by atoms with E-state index in [9.17, 15) is 0 Å². The molecule has 0 spiro atoms. The summed E-state index contributed by atoms with van der Waals surface area (Å²) >= 11 is 0. The molecule has 0 aliphatic carbocycles. The smallest absolute Gasteiger partial charge is 0.0420 e. The molecular weight excluding hydrogens is 194 g/mol. The van der Waals surface area contributed by atoms with E-state index in [1.54, 1.807) is 0 Å². The zero-order chi connectivity index (χ0) is 11.8. The highest BCUT2D eigenvalue weighted by Gasteiger charge is 2.05. The van der Waals surface area contributed by atoms with E-state index < -0.39 is 0 Å². The molecule has 1 nitrogen and oxygen atoms in total. The molecular formula is C15H23N. The molecule has 1 aromatic rings. The Labute approximate surface area is 99.6 Å². The lowest BCUT2D eigenvalue weighted by molar-refractivity contribution is 0.909. The molecule has 0 heterocycles. The van der Waals surface area contributed by atoms with Crippen molar-refractivity contribution in [2.24, 2.45) is 4.99 Å². The molecule has 0 atom stereocenters. The van der Waals surface area contributed by atoms with Crippen LogP contribution in [-0.2, 0) is 6.42 Å². The Morgan fingerprint density at radius 3 is 2.44 bits per heavy atom. The third kappa shape index (κ3) is 3.48. The van der Waals surface area contributed by atoms with Crippen molar-refractivity contribution in [2.45, 2.75) is 46.5 Å². The lowest BCUT2D eigenvalue weighted by atomic mass is 9.98. The minimum Gasteiger partial charge on any atom is -0.289 e. The molecule has 0 fully saturated rings. The third-order valence-electron chi connectivity index (χ3n) is 2.71. The summed E-state index contributed by atoms with van der Waals surface area (Å²) in [5.41, 5.74) is 4.08. The SMILES string of the molecule is CCCN=C(CC)c1ccccc1CCC. The number of aliphatic imine (C=N–C) groups is 1. The Morgan fingerprint density at radius 2 is 1.81 bits per heavy atom. The van der Waals surface area contributed by atoms with Crippen LogP contribution < -0.4 is 0 Å². The van der Waals surface area contributed by atoms with Gasteiger partial charge in [-0.1, -0.05) is 51.5 Å². The Morgan fingerprint density at radius 1 is 1.06 bits per heavy atom. The highest BCUT2D eigenvalue weighted by molar-refractivity contribution is 6.01. The molecule has 0 N–H and O–H groups in total. The second-order valence-electron chi connectivity index (χ2n) is 4.09. The molecule has 1 rings (SSSR count).